The fourth-order valence-corrected chi connectivity index (χ4v) is 3.83. The van der Waals surface area contributed by atoms with Crippen LogP contribution in [0.15, 0.2) is 65.7 Å². The molecule has 0 spiro atoms. The SMILES string of the molecule is CN=C(NCCCS(=O)(=O)Cc1ccccc1)NCc1ccccc1.I. The van der Waals surface area contributed by atoms with E-state index in [1.165, 1.54) is 0 Å². The third kappa shape index (κ3) is 8.66. The van der Waals surface area contributed by atoms with Crippen molar-refractivity contribution in [3.05, 3.63) is 71.8 Å². The van der Waals surface area contributed by atoms with Crippen molar-refractivity contribution in [3.63, 3.8) is 0 Å². The fraction of sp³-hybridized carbons (Fsp3) is 0.316. The largest absolute Gasteiger partial charge is 0.356 e. The number of hydrogen-bond acceptors (Lipinski definition) is 3. The zero-order valence-corrected chi connectivity index (χ0v) is 18.0. The Kier molecular flexibility index (Phi) is 10.3. The summed E-state index contributed by atoms with van der Waals surface area (Å²) < 4.78 is 24.3. The van der Waals surface area contributed by atoms with Crippen molar-refractivity contribution >= 4 is 39.8 Å². The maximum atomic E-state index is 12.2. The highest BCUT2D eigenvalue weighted by molar-refractivity contribution is 14.0. The van der Waals surface area contributed by atoms with E-state index in [-0.39, 0.29) is 35.5 Å². The molecule has 0 radical (unpaired) electrons. The lowest BCUT2D eigenvalue weighted by molar-refractivity contribution is 0.591. The van der Waals surface area contributed by atoms with E-state index in [1.54, 1.807) is 7.05 Å². The Morgan fingerprint density at radius 3 is 2.08 bits per heavy atom. The van der Waals surface area contributed by atoms with Gasteiger partial charge in [0.1, 0.15) is 0 Å². The molecule has 0 aliphatic heterocycles. The first-order chi connectivity index (χ1) is 12.1. The lowest BCUT2D eigenvalue weighted by Crippen LogP contribution is -2.37. The van der Waals surface area contributed by atoms with Crippen molar-refractivity contribution in [2.75, 3.05) is 19.3 Å². The predicted octanol–water partition coefficient (Wildman–Crippen LogP) is 2.97. The standard InChI is InChI=1S/C19H25N3O2S.HI/c1-20-19(22-15-17-9-4-2-5-10-17)21-13-8-14-25(23,24)16-18-11-6-3-7-12-18;/h2-7,9-12H,8,13-16H2,1H3,(H2,20,21,22);1H. The Labute approximate surface area is 173 Å². The molecule has 0 aliphatic carbocycles. The Bertz CT molecular complexity index is 766. The summed E-state index contributed by atoms with van der Waals surface area (Å²) in [6, 6.07) is 19.3. The quantitative estimate of drug-likeness (QED) is 0.260. The molecule has 2 aromatic rings. The number of hydrogen-bond donors (Lipinski definition) is 2. The van der Waals surface area contributed by atoms with Crippen molar-refractivity contribution in [1.29, 1.82) is 0 Å². The van der Waals surface area contributed by atoms with Crippen LogP contribution in [-0.4, -0.2) is 33.7 Å². The molecule has 0 aromatic heterocycles. The Hall–Kier alpha value is -1.61. The highest BCUT2D eigenvalue weighted by Gasteiger charge is 2.11. The molecule has 142 valence electrons. The first-order valence-electron chi connectivity index (χ1n) is 8.32. The number of halogens is 1. The van der Waals surface area contributed by atoms with Gasteiger partial charge in [-0.2, -0.15) is 0 Å². The molecular weight excluding hydrogens is 461 g/mol. The number of guanidine groups is 1. The van der Waals surface area contributed by atoms with Crippen molar-refractivity contribution in [1.82, 2.24) is 10.6 Å². The molecule has 2 N–H and O–H groups in total. The maximum Gasteiger partial charge on any atom is 0.191 e. The third-order valence-electron chi connectivity index (χ3n) is 3.68. The summed E-state index contributed by atoms with van der Waals surface area (Å²) >= 11 is 0. The van der Waals surface area contributed by atoms with Crippen molar-refractivity contribution in [2.24, 2.45) is 4.99 Å². The van der Waals surface area contributed by atoms with E-state index in [9.17, 15) is 8.42 Å². The molecule has 0 amide bonds. The van der Waals surface area contributed by atoms with Crippen LogP contribution < -0.4 is 10.6 Å². The van der Waals surface area contributed by atoms with Gasteiger partial charge in [0.25, 0.3) is 0 Å². The van der Waals surface area contributed by atoms with Crippen LogP contribution in [0.2, 0.25) is 0 Å². The van der Waals surface area contributed by atoms with E-state index >= 15 is 0 Å². The van der Waals surface area contributed by atoms with E-state index in [4.69, 9.17) is 0 Å². The van der Waals surface area contributed by atoms with Crippen molar-refractivity contribution < 1.29 is 8.42 Å². The summed E-state index contributed by atoms with van der Waals surface area (Å²) in [4.78, 5) is 4.15. The Morgan fingerprint density at radius 1 is 0.923 bits per heavy atom. The summed E-state index contributed by atoms with van der Waals surface area (Å²) in [5.41, 5.74) is 1.99. The van der Waals surface area contributed by atoms with Gasteiger partial charge in [-0.15, -0.1) is 24.0 Å². The van der Waals surface area contributed by atoms with E-state index in [0.717, 1.165) is 11.1 Å². The third-order valence-corrected chi connectivity index (χ3v) is 5.36. The average molecular weight is 487 g/mol. The smallest absolute Gasteiger partial charge is 0.191 e. The van der Waals surface area contributed by atoms with Gasteiger partial charge in [-0.25, -0.2) is 8.42 Å². The zero-order valence-electron chi connectivity index (χ0n) is 14.9. The summed E-state index contributed by atoms with van der Waals surface area (Å²) in [5, 5.41) is 6.36. The molecule has 2 rings (SSSR count). The monoisotopic (exact) mass is 487 g/mol. The molecule has 0 atom stereocenters. The van der Waals surface area contributed by atoms with Crippen LogP contribution in [0.1, 0.15) is 17.5 Å². The van der Waals surface area contributed by atoms with Gasteiger partial charge in [-0.05, 0) is 17.5 Å². The first-order valence-corrected chi connectivity index (χ1v) is 10.1. The van der Waals surface area contributed by atoms with Crippen molar-refractivity contribution in [3.8, 4) is 0 Å². The molecule has 2 aromatic carbocycles. The van der Waals surface area contributed by atoms with E-state index in [2.05, 4.69) is 15.6 Å². The van der Waals surface area contributed by atoms with Gasteiger partial charge < -0.3 is 10.6 Å². The van der Waals surface area contributed by atoms with Gasteiger partial charge in [-0.3, -0.25) is 4.99 Å². The second-order valence-corrected chi connectivity index (χ2v) is 7.95. The van der Waals surface area contributed by atoms with Gasteiger partial charge in [-0.1, -0.05) is 60.7 Å². The molecule has 0 heterocycles. The Balaban J connectivity index is 0.00000338. The van der Waals surface area contributed by atoms with Crippen LogP contribution >= 0.6 is 24.0 Å². The molecule has 0 saturated heterocycles. The molecule has 5 nitrogen and oxygen atoms in total. The number of aliphatic imine (C=N–C) groups is 1. The number of nitrogens with one attached hydrogen (secondary N) is 2. The highest BCUT2D eigenvalue weighted by atomic mass is 127. The minimum Gasteiger partial charge on any atom is -0.356 e. The van der Waals surface area contributed by atoms with Crippen LogP contribution in [0.5, 0.6) is 0 Å². The molecule has 0 saturated carbocycles. The minimum atomic E-state index is -3.09. The van der Waals surface area contributed by atoms with Crippen molar-refractivity contribution in [2.45, 2.75) is 18.7 Å². The lowest BCUT2D eigenvalue weighted by atomic mass is 10.2. The Morgan fingerprint density at radius 2 is 1.50 bits per heavy atom. The summed E-state index contributed by atoms with van der Waals surface area (Å²) in [6.07, 6.45) is 0.543. The van der Waals surface area contributed by atoms with Crippen LogP contribution in [0.4, 0.5) is 0 Å². The molecule has 26 heavy (non-hydrogen) atoms. The lowest BCUT2D eigenvalue weighted by Gasteiger charge is -2.12. The van der Waals surface area contributed by atoms with Gasteiger partial charge in [0.2, 0.25) is 0 Å². The minimum absolute atomic E-state index is 0. The maximum absolute atomic E-state index is 12.2. The normalized spacial score (nSPS) is 11.5. The fourth-order valence-electron chi connectivity index (χ4n) is 2.40. The van der Waals surface area contributed by atoms with Crippen LogP contribution in [0, 0.1) is 0 Å². The van der Waals surface area contributed by atoms with Crippen LogP contribution in [-0.2, 0) is 22.1 Å². The molecule has 0 bridgehead atoms. The van der Waals surface area contributed by atoms with Gasteiger partial charge in [0.05, 0.1) is 11.5 Å². The number of sulfone groups is 1. The number of nitrogens with zero attached hydrogens (tertiary/aromatic N) is 1. The van der Waals surface area contributed by atoms with E-state index in [0.29, 0.717) is 25.5 Å². The second kappa shape index (κ2) is 11.9. The van der Waals surface area contributed by atoms with E-state index in [1.807, 2.05) is 60.7 Å². The van der Waals surface area contributed by atoms with E-state index < -0.39 is 9.84 Å². The zero-order chi connectivity index (χ0) is 18.0. The van der Waals surface area contributed by atoms with Gasteiger partial charge in [0, 0.05) is 20.1 Å². The number of rotatable bonds is 8. The first kappa shape index (κ1) is 22.4. The summed E-state index contributed by atoms with van der Waals surface area (Å²) in [5.74, 6) is 0.920. The predicted molar refractivity (Wildman–Crippen MR) is 119 cm³/mol. The molecule has 0 aliphatic rings. The number of benzene rings is 2. The molecule has 0 fully saturated rings. The van der Waals surface area contributed by atoms with Crippen LogP contribution in [0.25, 0.3) is 0 Å². The second-order valence-electron chi connectivity index (χ2n) is 5.77. The topological polar surface area (TPSA) is 70.6 Å². The summed E-state index contributed by atoms with van der Waals surface area (Å²) in [6.45, 7) is 1.23. The summed E-state index contributed by atoms with van der Waals surface area (Å²) in [7, 11) is -1.39. The average Bonchev–Trinajstić information content (AvgIpc) is 2.62. The molecule has 0 unspecified atom stereocenters. The molecular formula is C19H26IN3O2S. The van der Waals surface area contributed by atoms with Crippen LogP contribution in [0.3, 0.4) is 0 Å². The van der Waals surface area contributed by atoms with Gasteiger partial charge >= 0.3 is 0 Å². The van der Waals surface area contributed by atoms with Gasteiger partial charge in [0.15, 0.2) is 15.8 Å². The highest BCUT2D eigenvalue weighted by Crippen LogP contribution is 2.06. The molecule has 7 heteroatoms.